The minimum absolute atomic E-state index is 0.0155. The average Bonchev–Trinajstić information content (AvgIpc) is 2.82. The molecule has 0 atom stereocenters. The molecule has 5 N–H and O–H groups in total. The van der Waals surface area contributed by atoms with Gasteiger partial charge in [-0.15, -0.1) is 0 Å². The van der Waals surface area contributed by atoms with Crippen LogP contribution in [0.1, 0.15) is 0 Å². The summed E-state index contributed by atoms with van der Waals surface area (Å²) in [5, 5.41) is 28.3. The standard InChI is InChI=1S/C24H26ClN7O4/c1-30-10-11-31(23(34)14-30)19-5-3-16(13-18(19)17-4-2-15(25)12-21(17)33)27-8-9-28-22-7-6-20(32(35)36)24(26)29-22/h2-7,12-13,27,33H,8-11,14H2,1H3,(H3,26,28,29). The number of phenols is 1. The normalized spacial score (nSPS) is 14.1. The van der Waals surface area contributed by atoms with Crippen LogP contribution in [0.5, 0.6) is 5.75 Å². The number of hydrogen-bond donors (Lipinski definition) is 4. The first-order valence-corrected chi connectivity index (χ1v) is 11.6. The van der Waals surface area contributed by atoms with Gasteiger partial charge >= 0.3 is 5.69 Å². The number of nitrogens with one attached hydrogen (secondary N) is 2. The van der Waals surface area contributed by atoms with Crippen molar-refractivity contribution < 1.29 is 14.8 Å². The van der Waals surface area contributed by atoms with Crippen molar-refractivity contribution in [2.75, 3.05) is 61.0 Å². The molecule has 36 heavy (non-hydrogen) atoms. The molecule has 0 bridgehead atoms. The number of halogens is 1. The summed E-state index contributed by atoms with van der Waals surface area (Å²) in [7, 11) is 1.91. The van der Waals surface area contributed by atoms with E-state index in [1.807, 2.05) is 30.1 Å². The van der Waals surface area contributed by atoms with Gasteiger partial charge in [-0.3, -0.25) is 19.8 Å². The molecule has 2 heterocycles. The van der Waals surface area contributed by atoms with E-state index in [2.05, 4.69) is 15.6 Å². The van der Waals surface area contributed by atoms with Gasteiger partial charge in [0.25, 0.3) is 0 Å². The summed E-state index contributed by atoms with van der Waals surface area (Å²) < 4.78 is 0. The summed E-state index contributed by atoms with van der Waals surface area (Å²) >= 11 is 6.04. The molecule has 1 amide bonds. The SMILES string of the molecule is CN1CCN(c2ccc(NCCNc3ccc([N+](=O)[O-])c(N)n3)cc2-c2ccc(Cl)cc2O)C(=O)C1. The van der Waals surface area contributed by atoms with Crippen LogP contribution in [0, 0.1) is 10.1 Å². The van der Waals surface area contributed by atoms with Crippen molar-refractivity contribution in [3.05, 3.63) is 63.7 Å². The average molecular weight is 512 g/mol. The minimum atomic E-state index is -0.580. The monoisotopic (exact) mass is 511 g/mol. The first kappa shape index (κ1) is 25.0. The maximum Gasteiger partial charge on any atom is 0.311 e. The number of carbonyl (C=O) groups is 1. The molecule has 11 nitrogen and oxygen atoms in total. The van der Waals surface area contributed by atoms with Crippen molar-refractivity contribution in [3.8, 4) is 16.9 Å². The molecule has 0 unspecified atom stereocenters. The topological polar surface area (TPSA) is 150 Å². The van der Waals surface area contributed by atoms with Crippen LogP contribution in [0.25, 0.3) is 11.1 Å². The number of nitrogens with zero attached hydrogens (tertiary/aromatic N) is 4. The molecule has 12 heteroatoms. The Morgan fingerprint density at radius 3 is 2.58 bits per heavy atom. The highest BCUT2D eigenvalue weighted by Crippen LogP contribution is 2.39. The third kappa shape index (κ3) is 5.58. The molecule has 0 aliphatic carbocycles. The van der Waals surface area contributed by atoms with E-state index >= 15 is 0 Å². The molecule has 0 spiro atoms. The Morgan fingerprint density at radius 1 is 1.11 bits per heavy atom. The number of rotatable bonds is 8. The second-order valence-corrected chi connectivity index (χ2v) is 8.82. The fraction of sp³-hybridized carbons (Fsp3) is 0.250. The van der Waals surface area contributed by atoms with E-state index in [1.54, 1.807) is 17.0 Å². The minimum Gasteiger partial charge on any atom is -0.507 e. The number of nitrogens with two attached hydrogens (primary N) is 1. The first-order valence-electron chi connectivity index (χ1n) is 11.2. The highest BCUT2D eigenvalue weighted by molar-refractivity contribution is 6.30. The van der Waals surface area contributed by atoms with Crippen molar-refractivity contribution in [1.29, 1.82) is 0 Å². The summed E-state index contributed by atoms with van der Waals surface area (Å²) in [6.07, 6.45) is 0. The summed E-state index contributed by atoms with van der Waals surface area (Å²) in [5.41, 5.74) is 8.15. The summed E-state index contributed by atoms with van der Waals surface area (Å²) in [6, 6.07) is 13.3. The zero-order valence-electron chi connectivity index (χ0n) is 19.6. The lowest BCUT2D eigenvalue weighted by Gasteiger charge is -2.33. The van der Waals surface area contributed by atoms with Gasteiger partial charge in [0, 0.05) is 54.1 Å². The second-order valence-electron chi connectivity index (χ2n) is 8.39. The maximum absolute atomic E-state index is 12.8. The molecule has 0 saturated carbocycles. The maximum atomic E-state index is 12.8. The smallest absolute Gasteiger partial charge is 0.311 e. The number of aromatic hydroxyl groups is 1. The third-order valence-electron chi connectivity index (χ3n) is 5.81. The van der Waals surface area contributed by atoms with Gasteiger partial charge in [0.2, 0.25) is 11.7 Å². The number of anilines is 4. The van der Waals surface area contributed by atoms with Crippen LogP contribution in [0.15, 0.2) is 48.5 Å². The predicted molar refractivity (Wildman–Crippen MR) is 141 cm³/mol. The number of carbonyl (C=O) groups excluding carboxylic acids is 1. The van der Waals surface area contributed by atoms with E-state index in [0.29, 0.717) is 53.8 Å². The lowest BCUT2D eigenvalue weighted by Crippen LogP contribution is -2.49. The molecule has 1 saturated heterocycles. The summed E-state index contributed by atoms with van der Waals surface area (Å²) in [5.74, 6) is 0.277. The molecular weight excluding hydrogens is 486 g/mol. The fourth-order valence-electron chi connectivity index (χ4n) is 3.99. The number of nitro groups is 1. The van der Waals surface area contributed by atoms with Crippen molar-refractivity contribution in [2.24, 2.45) is 0 Å². The number of nitrogen functional groups attached to an aromatic ring is 1. The van der Waals surface area contributed by atoms with Crippen molar-refractivity contribution in [1.82, 2.24) is 9.88 Å². The summed E-state index contributed by atoms with van der Waals surface area (Å²) in [6.45, 7) is 2.56. The van der Waals surface area contributed by atoms with E-state index in [-0.39, 0.29) is 23.2 Å². The number of amides is 1. The Labute approximate surface area is 212 Å². The Morgan fingerprint density at radius 2 is 1.89 bits per heavy atom. The fourth-order valence-corrected chi connectivity index (χ4v) is 4.16. The number of pyridine rings is 1. The van der Waals surface area contributed by atoms with Crippen LogP contribution in [-0.4, -0.2) is 65.6 Å². The number of benzene rings is 2. The van der Waals surface area contributed by atoms with Crippen LogP contribution >= 0.6 is 11.6 Å². The van der Waals surface area contributed by atoms with E-state index < -0.39 is 4.92 Å². The molecule has 0 radical (unpaired) electrons. The third-order valence-corrected chi connectivity index (χ3v) is 6.04. The van der Waals surface area contributed by atoms with E-state index in [0.717, 1.165) is 12.2 Å². The number of hydrogen-bond acceptors (Lipinski definition) is 9. The predicted octanol–water partition coefficient (Wildman–Crippen LogP) is 3.40. The Bertz CT molecular complexity index is 1300. The van der Waals surface area contributed by atoms with Gasteiger partial charge in [-0.2, -0.15) is 0 Å². The Balaban J connectivity index is 1.51. The molecule has 188 valence electrons. The highest BCUT2D eigenvalue weighted by Gasteiger charge is 2.26. The largest absolute Gasteiger partial charge is 0.507 e. The van der Waals surface area contributed by atoms with E-state index in [1.165, 1.54) is 18.2 Å². The molecule has 2 aromatic carbocycles. The number of phenolic OH excluding ortho intramolecular Hbond substituents is 1. The van der Waals surface area contributed by atoms with Crippen LogP contribution < -0.4 is 21.3 Å². The molecule has 1 fully saturated rings. The Kier molecular flexibility index (Phi) is 7.41. The van der Waals surface area contributed by atoms with Gasteiger partial charge in [0.15, 0.2) is 0 Å². The number of aromatic nitrogens is 1. The molecule has 1 aliphatic rings. The van der Waals surface area contributed by atoms with Gasteiger partial charge in [0.05, 0.1) is 17.2 Å². The Hall–Kier alpha value is -4.09. The van der Waals surface area contributed by atoms with Crippen LogP contribution in [-0.2, 0) is 4.79 Å². The highest BCUT2D eigenvalue weighted by atomic mass is 35.5. The molecular formula is C24H26ClN7O4. The van der Waals surface area contributed by atoms with Crippen LogP contribution in [0.2, 0.25) is 5.02 Å². The lowest BCUT2D eigenvalue weighted by molar-refractivity contribution is -0.384. The van der Waals surface area contributed by atoms with Gasteiger partial charge in [-0.05, 0) is 49.5 Å². The van der Waals surface area contributed by atoms with E-state index in [9.17, 15) is 20.0 Å². The van der Waals surface area contributed by atoms with Crippen molar-refractivity contribution >= 4 is 46.2 Å². The molecule has 4 rings (SSSR count). The van der Waals surface area contributed by atoms with Crippen LogP contribution in [0.3, 0.4) is 0 Å². The summed E-state index contributed by atoms with van der Waals surface area (Å²) in [4.78, 5) is 30.8. The van der Waals surface area contributed by atoms with Gasteiger partial charge in [0.1, 0.15) is 11.6 Å². The van der Waals surface area contributed by atoms with Crippen molar-refractivity contribution in [2.45, 2.75) is 0 Å². The number of piperazine rings is 1. The van der Waals surface area contributed by atoms with Gasteiger partial charge < -0.3 is 26.4 Å². The zero-order chi connectivity index (χ0) is 25.8. The zero-order valence-corrected chi connectivity index (χ0v) is 20.3. The van der Waals surface area contributed by atoms with Gasteiger partial charge in [-0.1, -0.05) is 11.6 Å². The van der Waals surface area contributed by atoms with Gasteiger partial charge in [-0.25, -0.2) is 4.98 Å². The number of likely N-dealkylation sites (N-methyl/N-ethyl adjacent to an activating group) is 1. The van der Waals surface area contributed by atoms with E-state index in [4.69, 9.17) is 17.3 Å². The first-order chi connectivity index (χ1) is 17.2. The quantitative estimate of drug-likeness (QED) is 0.202. The second kappa shape index (κ2) is 10.7. The molecule has 3 aromatic rings. The lowest BCUT2D eigenvalue weighted by atomic mass is 10.00. The molecule has 1 aliphatic heterocycles. The molecule has 1 aromatic heterocycles. The van der Waals surface area contributed by atoms with Crippen molar-refractivity contribution in [3.63, 3.8) is 0 Å². The van der Waals surface area contributed by atoms with Crippen LogP contribution in [0.4, 0.5) is 28.7 Å².